The molecule has 0 aliphatic carbocycles. The zero-order valence-corrected chi connectivity index (χ0v) is 14.3. The second kappa shape index (κ2) is 7.93. The Morgan fingerprint density at radius 3 is 2.20 bits per heavy atom. The number of carbonyl (C=O) groups is 2. The molecule has 0 unspecified atom stereocenters. The van der Waals surface area contributed by atoms with Crippen molar-refractivity contribution in [2.45, 2.75) is 13.8 Å². The van der Waals surface area contributed by atoms with Gasteiger partial charge in [0.2, 0.25) is 0 Å². The summed E-state index contributed by atoms with van der Waals surface area (Å²) in [5.74, 6) is -0.916. The average molecular weight is 334 g/mol. The second-order valence-electron chi connectivity index (χ2n) is 5.50. The molecular weight excluding hydrogens is 316 g/mol. The number of hydrogen-bond donors (Lipinski definition) is 1. The predicted molar refractivity (Wildman–Crippen MR) is 95.9 cm³/mol. The molecule has 2 rings (SSSR count). The van der Waals surface area contributed by atoms with Gasteiger partial charge in [0.1, 0.15) is 11.6 Å². The number of hydrogen-bond acceptors (Lipinski definition) is 4. The first kappa shape index (κ1) is 18.0. The molecule has 0 bridgehead atoms. The number of nitrogens with zero attached hydrogens (tertiary/aromatic N) is 1. The van der Waals surface area contributed by atoms with Crippen LogP contribution in [-0.2, 0) is 9.53 Å². The monoisotopic (exact) mass is 334 g/mol. The van der Waals surface area contributed by atoms with Gasteiger partial charge in [-0.05, 0) is 48.7 Å². The number of benzene rings is 2. The maximum absolute atomic E-state index is 12.4. The van der Waals surface area contributed by atoms with Gasteiger partial charge in [-0.1, -0.05) is 30.3 Å². The van der Waals surface area contributed by atoms with Crippen LogP contribution in [0.4, 0.5) is 5.69 Å². The SMILES string of the molecule is COC(=O)c1ccc(/C=C(\C#N)C(=O)Nc2c(C)cccc2C)cc1. The summed E-state index contributed by atoms with van der Waals surface area (Å²) in [6.45, 7) is 3.79. The van der Waals surface area contributed by atoms with Crippen molar-refractivity contribution >= 4 is 23.6 Å². The van der Waals surface area contributed by atoms with Gasteiger partial charge in [-0.25, -0.2) is 4.79 Å². The van der Waals surface area contributed by atoms with Crippen LogP contribution < -0.4 is 5.32 Å². The summed E-state index contributed by atoms with van der Waals surface area (Å²) in [5.41, 5.74) is 3.57. The Morgan fingerprint density at radius 2 is 1.68 bits per heavy atom. The first-order valence-corrected chi connectivity index (χ1v) is 7.64. The molecule has 126 valence electrons. The van der Waals surface area contributed by atoms with Crippen molar-refractivity contribution in [3.8, 4) is 6.07 Å². The van der Waals surface area contributed by atoms with Gasteiger partial charge in [0.15, 0.2) is 0 Å². The number of carbonyl (C=O) groups excluding carboxylic acids is 2. The largest absolute Gasteiger partial charge is 0.465 e. The average Bonchev–Trinajstić information content (AvgIpc) is 2.62. The molecule has 0 radical (unpaired) electrons. The van der Waals surface area contributed by atoms with Gasteiger partial charge in [0, 0.05) is 5.69 Å². The van der Waals surface area contributed by atoms with Crippen LogP contribution in [0, 0.1) is 25.2 Å². The van der Waals surface area contributed by atoms with Crippen LogP contribution in [0.5, 0.6) is 0 Å². The number of methoxy groups -OCH3 is 1. The van der Waals surface area contributed by atoms with Crippen LogP contribution in [0.2, 0.25) is 0 Å². The number of para-hydroxylation sites is 1. The number of aryl methyl sites for hydroxylation is 2. The van der Waals surface area contributed by atoms with Gasteiger partial charge >= 0.3 is 5.97 Å². The van der Waals surface area contributed by atoms with Gasteiger partial charge in [-0.15, -0.1) is 0 Å². The minimum atomic E-state index is -0.475. The highest BCUT2D eigenvalue weighted by molar-refractivity contribution is 6.10. The minimum absolute atomic E-state index is 0.0199. The number of nitriles is 1. The first-order valence-electron chi connectivity index (χ1n) is 7.64. The lowest BCUT2D eigenvalue weighted by atomic mass is 10.1. The van der Waals surface area contributed by atoms with E-state index in [4.69, 9.17) is 0 Å². The smallest absolute Gasteiger partial charge is 0.337 e. The van der Waals surface area contributed by atoms with Crippen molar-refractivity contribution in [2.24, 2.45) is 0 Å². The molecule has 0 atom stereocenters. The normalized spacial score (nSPS) is 10.7. The first-order chi connectivity index (χ1) is 12.0. The van der Waals surface area contributed by atoms with Crippen LogP contribution in [-0.4, -0.2) is 19.0 Å². The summed E-state index contributed by atoms with van der Waals surface area (Å²) < 4.78 is 4.63. The fourth-order valence-corrected chi connectivity index (χ4v) is 2.34. The van der Waals surface area contributed by atoms with Gasteiger partial charge in [0.25, 0.3) is 5.91 Å². The number of nitrogens with one attached hydrogen (secondary N) is 1. The predicted octanol–water partition coefficient (Wildman–Crippen LogP) is 3.64. The third-order valence-electron chi connectivity index (χ3n) is 3.73. The summed E-state index contributed by atoms with van der Waals surface area (Å²) in [6, 6.07) is 14.1. The Bertz CT molecular complexity index is 855. The highest BCUT2D eigenvalue weighted by atomic mass is 16.5. The van der Waals surface area contributed by atoms with Gasteiger partial charge in [0.05, 0.1) is 12.7 Å². The molecule has 0 aromatic heterocycles. The zero-order chi connectivity index (χ0) is 18.4. The van der Waals surface area contributed by atoms with Gasteiger partial charge in [-0.2, -0.15) is 5.26 Å². The third-order valence-corrected chi connectivity index (χ3v) is 3.73. The van der Waals surface area contributed by atoms with Crippen molar-refractivity contribution in [1.82, 2.24) is 0 Å². The minimum Gasteiger partial charge on any atom is -0.465 e. The van der Waals surface area contributed by atoms with Gasteiger partial charge in [-0.3, -0.25) is 4.79 Å². The van der Waals surface area contributed by atoms with E-state index in [9.17, 15) is 14.9 Å². The van der Waals surface area contributed by atoms with E-state index in [0.717, 1.165) is 11.1 Å². The molecule has 25 heavy (non-hydrogen) atoms. The fourth-order valence-electron chi connectivity index (χ4n) is 2.34. The Balaban J connectivity index is 2.24. The van der Waals surface area contributed by atoms with Crippen LogP contribution in [0.15, 0.2) is 48.0 Å². The van der Waals surface area contributed by atoms with E-state index in [-0.39, 0.29) is 5.57 Å². The van der Waals surface area contributed by atoms with Crippen molar-refractivity contribution in [2.75, 3.05) is 12.4 Å². The molecule has 2 aromatic rings. The summed E-state index contributed by atoms with van der Waals surface area (Å²) in [6.07, 6.45) is 1.48. The topological polar surface area (TPSA) is 79.2 Å². The van der Waals surface area contributed by atoms with Crippen molar-refractivity contribution in [1.29, 1.82) is 5.26 Å². The quantitative estimate of drug-likeness (QED) is 0.526. The maximum atomic E-state index is 12.4. The van der Waals surface area contributed by atoms with Crippen molar-refractivity contribution < 1.29 is 14.3 Å². The number of anilines is 1. The number of esters is 1. The van der Waals surface area contributed by atoms with Crippen molar-refractivity contribution in [3.05, 3.63) is 70.3 Å². The summed E-state index contributed by atoms with van der Waals surface area (Å²) in [5, 5.41) is 12.1. The van der Waals surface area contributed by atoms with Gasteiger partial charge < -0.3 is 10.1 Å². The van der Waals surface area contributed by atoms with E-state index in [1.807, 2.05) is 38.1 Å². The van der Waals surface area contributed by atoms with E-state index in [0.29, 0.717) is 16.8 Å². The number of rotatable bonds is 4. The third kappa shape index (κ3) is 4.33. The summed E-state index contributed by atoms with van der Waals surface area (Å²) in [4.78, 5) is 23.8. The number of amides is 1. The van der Waals surface area contributed by atoms with Crippen LogP contribution in [0.3, 0.4) is 0 Å². The Labute approximate surface area is 146 Å². The molecule has 5 heteroatoms. The summed E-state index contributed by atoms with van der Waals surface area (Å²) >= 11 is 0. The lowest BCUT2D eigenvalue weighted by Gasteiger charge is -2.10. The Kier molecular flexibility index (Phi) is 5.70. The van der Waals surface area contributed by atoms with E-state index in [2.05, 4.69) is 10.1 Å². The molecule has 0 aliphatic heterocycles. The number of ether oxygens (including phenoxy) is 1. The van der Waals surface area contributed by atoms with E-state index < -0.39 is 11.9 Å². The molecule has 1 N–H and O–H groups in total. The Hall–Kier alpha value is -3.39. The fraction of sp³-hybridized carbons (Fsp3) is 0.150. The lowest BCUT2D eigenvalue weighted by molar-refractivity contribution is -0.112. The maximum Gasteiger partial charge on any atom is 0.337 e. The van der Waals surface area contributed by atoms with E-state index >= 15 is 0 Å². The molecule has 1 amide bonds. The lowest BCUT2D eigenvalue weighted by Crippen LogP contribution is -2.15. The zero-order valence-electron chi connectivity index (χ0n) is 14.3. The molecule has 0 saturated heterocycles. The molecule has 0 spiro atoms. The molecule has 0 fully saturated rings. The molecule has 0 saturated carbocycles. The van der Waals surface area contributed by atoms with Crippen LogP contribution >= 0.6 is 0 Å². The standard InChI is InChI=1S/C20H18N2O3/c1-13-5-4-6-14(2)18(13)22-19(23)17(12-21)11-15-7-9-16(10-8-15)20(24)25-3/h4-11H,1-3H3,(H,22,23)/b17-11+. The second-order valence-corrected chi connectivity index (χ2v) is 5.50. The highest BCUT2D eigenvalue weighted by Crippen LogP contribution is 2.20. The highest BCUT2D eigenvalue weighted by Gasteiger charge is 2.12. The molecule has 5 nitrogen and oxygen atoms in total. The summed E-state index contributed by atoms with van der Waals surface area (Å²) in [7, 11) is 1.31. The molecule has 0 heterocycles. The molecule has 0 aliphatic rings. The molecule has 2 aromatic carbocycles. The van der Waals surface area contributed by atoms with Crippen LogP contribution in [0.1, 0.15) is 27.0 Å². The van der Waals surface area contributed by atoms with E-state index in [1.54, 1.807) is 24.3 Å². The molecular formula is C20H18N2O3. The van der Waals surface area contributed by atoms with Crippen LogP contribution in [0.25, 0.3) is 6.08 Å². The van der Waals surface area contributed by atoms with E-state index in [1.165, 1.54) is 13.2 Å². The Morgan fingerprint density at radius 1 is 1.08 bits per heavy atom. The van der Waals surface area contributed by atoms with Crippen molar-refractivity contribution in [3.63, 3.8) is 0 Å².